The Morgan fingerprint density at radius 1 is 1.09 bits per heavy atom. The summed E-state index contributed by atoms with van der Waals surface area (Å²) in [5, 5.41) is 4.13. The molecule has 4 rings (SSSR count). The van der Waals surface area contributed by atoms with E-state index in [9.17, 15) is 9.59 Å². The van der Waals surface area contributed by atoms with Crippen molar-refractivity contribution in [3.8, 4) is 0 Å². The molecule has 0 saturated carbocycles. The molecule has 2 amide bonds. The summed E-state index contributed by atoms with van der Waals surface area (Å²) in [6.45, 7) is 6.04. The molecule has 2 saturated heterocycles. The van der Waals surface area contributed by atoms with E-state index in [4.69, 9.17) is 11.6 Å². The quantitative estimate of drug-likeness (QED) is 0.560. The largest absolute Gasteiger partial charge is 0.350 e. The van der Waals surface area contributed by atoms with Crippen LogP contribution in [0.1, 0.15) is 54.6 Å². The molecule has 2 atom stereocenters. The van der Waals surface area contributed by atoms with Crippen LogP contribution in [0.4, 0.5) is 0 Å². The van der Waals surface area contributed by atoms with Crippen LogP contribution in [0.5, 0.6) is 0 Å². The summed E-state index contributed by atoms with van der Waals surface area (Å²) in [6, 6.07) is 11.5. The van der Waals surface area contributed by atoms with Gasteiger partial charge in [-0.1, -0.05) is 35.5 Å². The van der Waals surface area contributed by atoms with E-state index in [1.165, 1.54) is 11.8 Å². The van der Waals surface area contributed by atoms with Gasteiger partial charge in [-0.05, 0) is 75.5 Å². The molecule has 6 nitrogen and oxygen atoms in total. The summed E-state index contributed by atoms with van der Waals surface area (Å²) in [6.07, 6.45) is 6.12. The van der Waals surface area contributed by atoms with E-state index in [1.807, 2.05) is 30.0 Å². The first-order chi connectivity index (χ1) is 16.0. The van der Waals surface area contributed by atoms with Gasteiger partial charge in [0.2, 0.25) is 5.91 Å². The minimum absolute atomic E-state index is 0.0681. The lowest BCUT2D eigenvalue weighted by Gasteiger charge is -2.28. The molecular formula is C25H31ClN4O2S. The van der Waals surface area contributed by atoms with E-state index in [2.05, 4.69) is 21.3 Å². The summed E-state index contributed by atoms with van der Waals surface area (Å²) in [4.78, 5) is 34.7. The van der Waals surface area contributed by atoms with Crippen LogP contribution >= 0.6 is 23.4 Å². The highest BCUT2D eigenvalue weighted by molar-refractivity contribution is 8.00. The van der Waals surface area contributed by atoms with Crippen LogP contribution in [0.25, 0.3) is 0 Å². The minimum Gasteiger partial charge on any atom is -0.350 e. The van der Waals surface area contributed by atoms with E-state index in [0.717, 1.165) is 57.4 Å². The Bertz CT molecular complexity index is 976. The highest BCUT2D eigenvalue weighted by Crippen LogP contribution is 2.29. The molecule has 2 aliphatic rings. The number of pyridine rings is 1. The average molecular weight is 487 g/mol. The Hall–Kier alpha value is -2.09. The number of thioether (sulfide) groups is 1. The maximum Gasteiger partial charge on any atom is 0.254 e. The number of benzene rings is 1. The lowest BCUT2D eigenvalue weighted by molar-refractivity contribution is -0.129. The SMILES string of the molecule is CC(Sc1ncccc1C(=O)NCC(c1cccc(Cl)c1)N1CCCC1)C(=O)N1CCCC1. The van der Waals surface area contributed by atoms with Crippen LogP contribution in [0.3, 0.4) is 0 Å². The molecular weight excluding hydrogens is 456 g/mol. The summed E-state index contributed by atoms with van der Waals surface area (Å²) < 4.78 is 0. The second kappa shape index (κ2) is 11.4. The summed E-state index contributed by atoms with van der Waals surface area (Å²) in [5.41, 5.74) is 1.62. The third kappa shape index (κ3) is 6.08. The Morgan fingerprint density at radius 2 is 1.82 bits per heavy atom. The normalized spacial score (nSPS) is 18.3. The van der Waals surface area contributed by atoms with Crippen molar-refractivity contribution in [3.05, 3.63) is 58.7 Å². The molecule has 176 valence electrons. The Balaban J connectivity index is 1.44. The number of halogens is 1. The number of rotatable bonds is 8. The van der Waals surface area contributed by atoms with Crippen molar-refractivity contribution in [2.45, 2.75) is 48.9 Å². The number of nitrogens with one attached hydrogen (secondary N) is 1. The van der Waals surface area contributed by atoms with Gasteiger partial charge in [0, 0.05) is 30.9 Å². The monoisotopic (exact) mass is 486 g/mol. The second-order valence-electron chi connectivity index (χ2n) is 8.67. The molecule has 2 aliphatic heterocycles. The zero-order chi connectivity index (χ0) is 23.2. The fraction of sp³-hybridized carbons (Fsp3) is 0.480. The molecule has 1 aromatic carbocycles. The highest BCUT2D eigenvalue weighted by Gasteiger charge is 2.27. The van der Waals surface area contributed by atoms with Gasteiger partial charge in [0.1, 0.15) is 5.03 Å². The zero-order valence-electron chi connectivity index (χ0n) is 19.0. The summed E-state index contributed by atoms with van der Waals surface area (Å²) in [5.74, 6) is -0.0535. The van der Waals surface area contributed by atoms with Gasteiger partial charge >= 0.3 is 0 Å². The molecule has 0 spiro atoms. The molecule has 1 N–H and O–H groups in total. The Morgan fingerprint density at radius 3 is 2.55 bits per heavy atom. The lowest BCUT2D eigenvalue weighted by atomic mass is 10.1. The number of carbonyl (C=O) groups excluding carboxylic acids is 2. The molecule has 33 heavy (non-hydrogen) atoms. The number of carbonyl (C=O) groups is 2. The van der Waals surface area contributed by atoms with E-state index in [-0.39, 0.29) is 23.1 Å². The van der Waals surface area contributed by atoms with E-state index in [1.54, 1.807) is 18.3 Å². The van der Waals surface area contributed by atoms with Crippen molar-refractivity contribution in [2.24, 2.45) is 0 Å². The van der Waals surface area contributed by atoms with Crippen molar-refractivity contribution in [3.63, 3.8) is 0 Å². The van der Waals surface area contributed by atoms with Gasteiger partial charge < -0.3 is 10.2 Å². The van der Waals surface area contributed by atoms with Crippen LogP contribution in [-0.4, -0.2) is 64.6 Å². The average Bonchev–Trinajstić information content (AvgIpc) is 3.54. The van der Waals surface area contributed by atoms with Gasteiger partial charge in [-0.25, -0.2) is 4.98 Å². The van der Waals surface area contributed by atoms with E-state index >= 15 is 0 Å². The van der Waals surface area contributed by atoms with Crippen molar-refractivity contribution < 1.29 is 9.59 Å². The molecule has 3 heterocycles. The first kappa shape index (κ1) is 24.0. The molecule has 1 aromatic heterocycles. The fourth-order valence-electron chi connectivity index (χ4n) is 4.58. The zero-order valence-corrected chi connectivity index (χ0v) is 20.6. The number of aromatic nitrogens is 1. The van der Waals surface area contributed by atoms with Gasteiger partial charge in [0.05, 0.1) is 16.9 Å². The van der Waals surface area contributed by atoms with E-state index < -0.39 is 0 Å². The van der Waals surface area contributed by atoms with Gasteiger partial charge in [-0.3, -0.25) is 14.5 Å². The van der Waals surface area contributed by atoms with Crippen molar-refractivity contribution in [2.75, 3.05) is 32.7 Å². The van der Waals surface area contributed by atoms with Crippen LogP contribution < -0.4 is 5.32 Å². The first-order valence-electron chi connectivity index (χ1n) is 11.7. The number of hydrogen-bond acceptors (Lipinski definition) is 5. The van der Waals surface area contributed by atoms with E-state index in [0.29, 0.717) is 22.2 Å². The molecule has 0 radical (unpaired) electrons. The van der Waals surface area contributed by atoms with Crippen molar-refractivity contribution in [1.82, 2.24) is 20.1 Å². The standard InChI is InChI=1S/C25H31ClN4O2S/c1-18(25(32)30-14-4-5-15-30)33-24-21(10-7-11-27-24)23(31)28-17-22(29-12-2-3-13-29)19-8-6-9-20(26)16-19/h6-11,16,18,22H,2-5,12-15,17H2,1H3,(H,28,31). The lowest BCUT2D eigenvalue weighted by Crippen LogP contribution is -2.37. The smallest absolute Gasteiger partial charge is 0.254 e. The van der Waals surface area contributed by atoms with Gasteiger partial charge in [0.25, 0.3) is 5.91 Å². The topological polar surface area (TPSA) is 65.5 Å². The molecule has 2 unspecified atom stereocenters. The Labute approximate surface area is 205 Å². The number of hydrogen-bond donors (Lipinski definition) is 1. The van der Waals surface area contributed by atoms with Crippen LogP contribution in [0, 0.1) is 0 Å². The molecule has 0 bridgehead atoms. The molecule has 2 aromatic rings. The number of likely N-dealkylation sites (tertiary alicyclic amines) is 2. The second-order valence-corrected chi connectivity index (χ2v) is 10.4. The maximum atomic E-state index is 13.2. The molecule has 0 aliphatic carbocycles. The molecule has 8 heteroatoms. The third-order valence-corrected chi connectivity index (χ3v) is 7.68. The Kier molecular flexibility index (Phi) is 8.28. The number of amides is 2. The molecule has 2 fully saturated rings. The van der Waals surface area contributed by atoms with Crippen LogP contribution in [0.2, 0.25) is 5.02 Å². The van der Waals surface area contributed by atoms with Crippen LogP contribution in [-0.2, 0) is 4.79 Å². The maximum absolute atomic E-state index is 13.2. The van der Waals surface area contributed by atoms with Crippen molar-refractivity contribution >= 4 is 35.2 Å². The third-order valence-electron chi connectivity index (χ3n) is 6.34. The van der Waals surface area contributed by atoms with Gasteiger partial charge in [0.15, 0.2) is 0 Å². The summed E-state index contributed by atoms with van der Waals surface area (Å²) >= 11 is 7.61. The predicted molar refractivity (Wildman–Crippen MR) is 133 cm³/mol. The minimum atomic E-state index is -0.284. The van der Waals surface area contributed by atoms with Gasteiger partial charge in [-0.15, -0.1) is 0 Å². The predicted octanol–water partition coefficient (Wildman–Crippen LogP) is 4.40. The van der Waals surface area contributed by atoms with Crippen molar-refractivity contribution in [1.29, 1.82) is 0 Å². The van der Waals surface area contributed by atoms with Crippen LogP contribution in [0.15, 0.2) is 47.6 Å². The number of nitrogens with zero attached hydrogens (tertiary/aromatic N) is 3. The first-order valence-corrected chi connectivity index (χ1v) is 13.0. The highest BCUT2D eigenvalue weighted by atomic mass is 35.5. The fourth-order valence-corrected chi connectivity index (χ4v) is 5.77. The van der Waals surface area contributed by atoms with Gasteiger partial charge in [-0.2, -0.15) is 0 Å². The summed E-state index contributed by atoms with van der Waals surface area (Å²) in [7, 11) is 0.